The van der Waals surface area contributed by atoms with E-state index in [2.05, 4.69) is 17.4 Å². The molecule has 1 amide bonds. The lowest BCUT2D eigenvalue weighted by molar-refractivity contribution is -0.141. The molecule has 2 atom stereocenters. The molecule has 150 valence electrons. The zero-order valence-electron chi connectivity index (χ0n) is 16.9. The molecule has 28 heavy (non-hydrogen) atoms. The van der Waals surface area contributed by atoms with Crippen LogP contribution >= 0.6 is 0 Å². The maximum atomic E-state index is 12.2. The smallest absolute Gasteiger partial charge is 0.407 e. The number of hydrogen-bond acceptors (Lipinski definition) is 3. The van der Waals surface area contributed by atoms with Crippen LogP contribution in [0, 0.1) is 5.92 Å². The van der Waals surface area contributed by atoms with Crippen LogP contribution in [0.3, 0.4) is 0 Å². The van der Waals surface area contributed by atoms with Crippen LogP contribution in [0.25, 0.3) is 11.1 Å². The molecular weight excluding hydrogens is 354 g/mol. The van der Waals surface area contributed by atoms with E-state index in [1.54, 1.807) is 27.7 Å². The van der Waals surface area contributed by atoms with E-state index in [1.165, 1.54) is 0 Å². The van der Waals surface area contributed by atoms with Gasteiger partial charge in [-0.2, -0.15) is 0 Å². The van der Waals surface area contributed by atoms with Gasteiger partial charge in [0.05, 0.1) is 5.92 Å². The van der Waals surface area contributed by atoms with Crippen molar-refractivity contribution in [2.45, 2.75) is 52.2 Å². The Morgan fingerprint density at radius 1 is 1.00 bits per heavy atom. The Morgan fingerprint density at radius 2 is 1.57 bits per heavy atom. The monoisotopic (exact) mass is 383 g/mol. The van der Waals surface area contributed by atoms with Gasteiger partial charge < -0.3 is 15.2 Å². The highest BCUT2D eigenvalue weighted by Crippen LogP contribution is 2.21. The second-order valence-electron chi connectivity index (χ2n) is 8.09. The molecule has 0 fully saturated rings. The average Bonchev–Trinajstić information content (AvgIpc) is 2.61. The van der Waals surface area contributed by atoms with Crippen LogP contribution in [0.15, 0.2) is 54.6 Å². The van der Waals surface area contributed by atoms with Crippen molar-refractivity contribution in [1.29, 1.82) is 0 Å². The van der Waals surface area contributed by atoms with Gasteiger partial charge in [-0.05, 0) is 50.3 Å². The third-order valence-electron chi connectivity index (χ3n) is 4.32. The number of carboxylic acids is 1. The molecule has 0 bridgehead atoms. The summed E-state index contributed by atoms with van der Waals surface area (Å²) in [5, 5.41) is 12.1. The lowest BCUT2D eigenvalue weighted by Gasteiger charge is -2.24. The van der Waals surface area contributed by atoms with Crippen LogP contribution in [0.5, 0.6) is 0 Å². The first kappa shape index (κ1) is 21.5. The van der Waals surface area contributed by atoms with Gasteiger partial charge in [0.1, 0.15) is 5.60 Å². The molecule has 0 aliphatic rings. The van der Waals surface area contributed by atoms with Gasteiger partial charge in [0.15, 0.2) is 0 Å². The van der Waals surface area contributed by atoms with Crippen LogP contribution in [-0.2, 0) is 16.0 Å². The zero-order valence-corrected chi connectivity index (χ0v) is 16.9. The number of benzene rings is 2. The topological polar surface area (TPSA) is 75.6 Å². The molecule has 2 rings (SSSR count). The van der Waals surface area contributed by atoms with Gasteiger partial charge in [0, 0.05) is 6.04 Å². The number of ether oxygens (including phenoxy) is 1. The van der Waals surface area contributed by atoms with Crippen molar-refractivity contribution in [2.75, 3.05) is 0 Å². The number of aliphatic carboxylic acids is 1. The number of carboxylic acid groups (broad SMARTS) is 1. The molecule has 0 aliphatic heterocycles. The molecule has 0 aromatic heterocycles. The second kappa shape index (κ2) is 9.40. The summed E-state index contributed by atoms with van der Waals surface area (Å²) in [6, 6.07) is 17.8. The summed E-state index contributed by atoms with van der Waals surface area (Å²) in [7, 11) is 0. The van der Waals surface area contributed by atoms with Crippen LogP contribution in [-0.4, -0.2) is 28.8 Å². The number of amides is 1. The van der Waals surface area contributed by atoms with Crippen LogP contribution < -0.4 is 5.32 Å². The van der Waals surface area contributed by atoms with Gasteiger partial charge >= 0.3 is 12.1 Å². The van der Waals surface area contributed by atoms with E-state index in [-0.39, 0.29) is 6.04 Å². The van der Waals surface area contributed by atoms with Crippen molar-refractivity contribution in [3.8, 4) is 11.1 Å². The van der Waals surface area contributed by atoms with E-state index in [0.29, 0.717) is 12.8 Å². The largest absolute Gasteiger partial charge is 0.481 e. The minimum absolute atomic E-state index is 0.328. The Labute approximate surface area is 166 Å². The van der Waals surface area contributed by atoms with Gasteiger partial charge in [-0.3, -0.25) is 4.79 Å². The Balaban J connectivity index is 2.10. The molecule has 0 radical (unpaired) electrons. The van der Waals surface area contributed by atoms with Gasteiger partial charge in [-0.25, -0.2) is 4.79 Å². The summed E-state index contributed by atoms with van der Waals surface area (Å²) in [4.78, 5) is 23.4. The first-order valence-corrected chi connectivity index (χ1v) is 9.51. The fraction of sp³-hybridized carbons (Fsp3) is 0.391. The highest BCUT2D eigenvalue weighted by molar-refractivity contribution is 5.70. The molecule has 0 heterocycles. The number of nitrogens with one attached hydrogen (secondary N) is 1. The summed E-state index contributed by atoms with van der Waals surface area (Å²) in [5.41, 5.74) is 2.67. The summed E-state index contributed by atoms with van der Waals surface area (Å²) < 4.78 is 5.33. The van der Waals surface area contributed by atoms with Gasteiger partial charge in [-0.15, -0.1) is 0 Å². The van der Waals surface area contributed by atoms with Crippen LogP contribution in [0.4, 0.5) is 4.79 Å². The predicted octanol–water partition coefficient (Wildman–Crippen LogP) is 4.90. The quantitative estimate of drug-likeness (QED) is 0.713. The van der Waals surface area contributed by atoms with Crippen LogP contribution in [0.2, 0.25) is 0 Å². The Kier molecular flexibility index (Phi) is 7.21. The fourth-order valence-electron chi connectivity index (χ4n) is 2.94. The van der Waals surface area contributed by atoms with E-state index >= 15 is 0 Å². The molecule has 5 heteroatoms. The predicted molar refractivity (Wildman–Crippen MR) is 110 cm³/mol. The van der Waals surface area contributed by atoms with Crippen molar-refractivity contribution in [3.05, 3.63) is 60.2 Å². The highest BCUT2D eigenvalue weighted by Gasteiger charge is 2.23. The molecular formula is C23H29NO4. The fourth-order valence-corrected chi connectivity index (χ4v) is 2.94. The number of carbonyl (C=O) groups is 2. The molecule has 2 N–H and O–H groups in total. The van der Waals surface area contributed by atoms with Gasteiger partial charge in [0.2, 0.25) is 0 Å². The highest BCUT2D eigenvalue weighted by atomic mass is 16.6. The number of carbonyl (C=O) groups excluding carboxylic acids is 1. The lowest BCUT2D eigenvalue weighted by Crippen LogP contribution is -2.41. The van der Waals surface area contributed by atoms with E-state index in [1.807, 2.05) is 42.5 Å². The standard InChI is InChI=1S/C23H29NO4/c1-16(21(25)26)14-20(24-22(27)28-23(2,3)4)15-17-10-12-19(13-11-17)18-8-6-5-7-9-18/h5-13,16,20H,14-15H2,1-4H3,(H,24,27)(H,25,26)/t16?,20-/m1/s1. The van der Waals surface area contributed by atoms with Crippen LogP contribution in [0.1, 0.15) is 39.7 Å². The normalized spacial score (nSPS) is 13.4. The third kappa shape index (κ3) is 7.06. The van der Waals surface area contributed by atoms with Crippen molar-refractivity contribution >= 4 is 12.1 Å². The molecule has 0 aliphatic carbocycles. The van der Waals surface area contributed by atoms with E-state index in [9.17, 15) is 14.7 Å². The second-order valence-corrected chi connectivity index (χ2v) is 8.09. The van der Waals surface area contributed by atoms with E-state index in [0.717, 1.165) is 16.7 Å². The molecule has 2 aromatic carbocycles. The molecule has 0 saturated heterocycles. The third-order valence-corrected chi connectivity index (χ3v) is 4.32. The van der Waals surface area contributed by atoms with Gasteiger partial charge in [0.25, 0.3) is 0 Å². The number of hydrogen-bond donors (Lipinski definition) is 2. The maximum absolute atomic E-state index is 12.2. The molecule has 0 saturated carbocycles. The maximum Gasteiger partial charge on any atom is 0.407 e. The zero-order chi connectivity index (χ0) is 20.7. The lowest BCUT2D eigenvalue weighted by atomic mass is 9.95. The molecule has 0 spiro atoms. The summed E-state index contributed by atoms with van der Waals surface area (Å²) in [6.07, 6.45) is 0.331. The van der Waals surface area contributed by atoms with Crippen molar-refractivity contribution < 1.29 is 19.4 Å². The number of alkyl carbamates (subject to hydrolysis) is 1. The van der Waals surface area contributed by atoms with Crippen molar-refractivity contribution in [3.63, 3.8) is 0 Å². The minimum atomic E-state index is -0.879. The summed E-state index contributed by atoms with van der Waals surface area (Å²) >= 11 is 0. The van der Waals surface area contributed by atoms with Crippen molar-refractivity contribution in [1.82, 2.24) is 5.32 Å². The SMILES string of the molecule is CC(C[C@H](Cc1ccc(-c2ccccc2)cc1)NC(=O)OC(C)(C)C)C(=O)O. The summed E-state index contributed by atoms with van der Waals surface area (Å²) in [5.74, 6) is -1.45. The molecule has 1 unspecified atom stereocenters. The molecule has 5 nitrogen and oxygen atoms in total. The van der Waals surface area contributed by atoms with Gasteiger partial charge in [-0.1, -0.05) is 61.5 Å². The Morgan fingerprint density at radius 3 is 2.11 bits per heavy atom. The van der Waals surface area contributed by atoms with E-state index < -0.39 is 23.6 Å². The Hall–Kier alpha value is -2.82. The number of rotatable bonds is 7. The first-order valence-electron chi connectivity index (χ1n) is 9.51. The molecule has 2 aromatic rings. The minimum Gasteiger partial charge on any atom is -0.481 e. The van der Waals surface area contributed by atoms with Crippen molar-refractivity contribution in [2.24, 2.45) is 5.92 Å². The Bertz CT molecular complexity index is 778. The summed E-state index contributed by atoms with van der Waals surface area (Å²) in [6.45, 7) is 7.03. The first-order chi connectivity index (χ1) is 13.1. The average molecular weight is 383 g/mol. The van der Waals surface area contributed by atoms with E-state index in [4.69, 9.17) is 4.74 Å².